The summed E-state index contributed by atoms with van der Waals surface area (Å²) in [5, 5.41) is 10.8. The standard InChI is InChI=1S/C14H16N4O4S2/c1-14(4-6-24(20,21)9-14)16-11(19)8-23-13-18-17-12(22-13)10-3-2-5-15-7-10/h2-3,5,7H,4,6,8-9H2,1H3,(H,16,19)/t14-/m1/s1. The molecule has 24 heavy (non-hydrogen) atoms. The van der Waals surface area contributed by atoms with Gasteiger partial charge in [0.15, 0.2) is 9.84 Å². The normalized spacial score (nSPS) is 22.4. The Hall–Kier alpha value is -1.94. The number of aromatic nitrogens is 3. The molecule has 0 radical (unpaired) electrons. The van der Waals surface area contributed by atoms with Crippen molar-refractivity contribution in [3.05, 3.63) is 24.5 Å². The Kier molecular flexibility index (Phi) is 4.59. The van der Waals surface area contributed by atoms with Crippen molar-refractivity contribution >= 4 is 27.5 Å². The van der Waals surface area contributed by atoms with Crippen LogP contribution in [0, 0.1) is 0 Å². The van der Waals surface area contributed by atoms with Crippen LogP contribution in [0.5, 0.6) is 0 Å². The van der Waals surface area contributed by atoms with Crippen LogP contribution in [0.1, 0.15) is 13.3 Å². The molecule has 3 rings (SSSR count). The first-order chi connectivity index (χ1) is 11.4. The molecular formula is C14H16N4O4S2. The maximum Gasteiger partial charge on any atom is 0.277 e. The van der Waals surface area contributed by atoms with Gasteiger partial charge in [0.05, 0.1) is 28.4 Å². The molecule has 2 aromatic heterocycles. The SMILES string of the molecule is C[C@@]1(NC(=O)CSc2nnc(-c3cccnc3)o2)CCS(=O)(=O)C1. The van der Waals surface area contributed by atoms with E-state index < -0.39 is 15.4 Å². The van der Waals surface area contributed by atoms with E-state index in [9.17, 15) is 13.2 Å². The fourth-order valence-electron chi connectivity index (χ4n) is 2.48. The number of pyridine rings is 1. The molecule has 0 saturated carbocycles. The van der Waals surface area contributed by atoms with E-state index >= 15 is 0 Å². The van der Waals surface area contributed by atoms with Gasteiger partial charge in [-0.2, -0.15) is 0 Å². The highest BCUT2D eigenvalue weighted by Gasteiger charge is 2.39. The number of carbonyl (C=O) groups is 1. The molecule has 1 amide bonds. The lowest BCUT2D eigenvalue weighted by Gasteiger charge is -2.23. The summed E-state index contributed by atoms with van der Waals surface area (Å²) in [5.74, 6) is 0.224. The van der Waals surface area contributed by atoms with Gasteiger partial charge in [-0.05, 0) is 25.5 Å². The highest BCUT2D eigenvalue weighted by Crippen LogP contribution is 2.24. The van der Waals surface area contributed by atoms with Gasteiger partial charge in [-0.1, -0.05) is 11.8 Å². The first-order valence-corrected chi connectivity index (χ1v) is 10.0. The zero-order valence-electron chi connectivity index (χ0n) is 12.9. The molecule has 1 saturated heterocycles. The van der Waals surface area contributed by atoms with Gasteiger partial charge >= 0.3 is 0 Å². The summed E-state index contributed by atoms with van der Waals surface area (Å²) < 4.78 is 28.6. The van der Waals surface area contributed by atoms with E-state index in [4.69, 9.17) is 4.42 Å². The van der Waals surface area contributed by atoms with E-state index in [0.29, 0.717) is 17.9 Å². The third-order valence-electron chi connectivity index (χ3n) is 3.59. The monoisotopic (exact) mass is 368 g/mol. The summed E-state index contributed by atoms with van der Waals surface area (Å²) in [6, 6.07) is 3.55. The van der Waals surface area contributed by atoms with E-state index in [1.807, 2.05) is 0 Å². The lowest BCUT2D eigenvalue weighted by atomic mass is 10.0. The first-order valence-electron chi connectivity index (χ1n) is 7.23. The molecule has 0 aliphatic carbocycles. The van der Waals surface area contributed by atoms with Crippen LogP contribution in [0.3, 0.4) is 0 Å². The van der Waals surface area contributed by atoms with Crippen molar-refractivity contribution in [3.63, 3.8) is 0 Å². The van der Waals surface area contributed by atoms with Gasteiger partial charge < -0.3 is 9.73 Å². The molecule has 0 bridgehead atoms. The number of nitrogens with one attached hydrogen (secondary N) is 1. The quantitative estimate of drug-likeness (QED) is 0.775. The number of rotatable bonds is 5. The summed E-state index contributed by atoms with van der Waals surface area (Å²) in [5.41, 5.74) is -0.00314. The van der Waals surface area contributed by atoms with Crippen LogP contribution in [0.25, 0.3) is 11.5 Å². The van der Waals surface area contributed by atoms with Crippen LogP contribution in [0.15, 0.2) is 34.2 Å². The maximum atomic E-state index is 12.0. The molecule has 1 N–H and O–H groups in total. The Morgan fingerprint density at radius 2 is 2.29 bits per heavy atom. The maximum absolute atomic E-state index is 12.0. The lowest BCUT2D eigenvalue weighted by molar-refractivity contribution is -0.120. The molecule has 8 nitrogen and oxygen atoms in total. The van der Waals surface area contributed by atoms with Gasteiger partial charge in [-0.25, -0.2) is 8.42 Å². The predicted molar refractivity (Wildman–Crippen MR) is 88.1 cm³/mol. The highest BCUT2D eigenvalue weighted by molar-refractivity contribution is 7.99. The Morgan fingerprint density at radius 3 is 2.96 bits per heavy atom. The van der Waals surface area contributed by atoms with Crippen LogP contribution in [-0.4, -0.2) is 52.3 Å². The molecule has 1 atom stereocenters. The summed E-state index contributed by atoms with van der Waals surface area (Å²) in [6.45, 7) is 1.74. The minimum absolute atomic E-state index is 0.0257. The Labute approximate surface area is 143 Å². The average Bonchev–Trinajstić information content (AvgIpc) is 3.10. The van der Waals surface area contributed by atoms with E-state index in [1.54, 1.807) is 31.5 Å². The number of hydrogen-bond donors (Lipinski definition) is 1. The minimum atomic E-state index is -3.06. The van der Waals surface area contributed by atoms with Gasteiger partial charge in [0, 0.05) is 12.4 Å². The van der Waals surface area contributed by atoms with E-state index in [1.165, 1.54) is 0 Å². The summed E-state index contributed by atoms with van der Waals surface area (Å²) in [7, 11) is -3.06. The second-order valence-electron chi connectivity index (χ2n) is 5.85. The predicted octanol–water partition coefficient (Wildman–Crippen LogP) is 0.917. The van der Waals surface area contributed by atoms with Gasteiger partial charge in [0.1, 0.15) is 0 Å². The van der Waals surface area contributed by atoms with Crippen molar-refractivity contribution in [2.45, 2.75) is 24.1 Å². The van der Waals surface area contributed by atoms with Crippen LogP contribution in [0.2, 0.25) is 0 Å². The van der Waals surface area contributed by atoms with Gasteiger partial charge in [-0.15, -0.1) is 10.2 Å². The largest absolute Gasteiger partial charge is 0.411 e. The molecule has 10 heteroatoms. The zero-order chi connectivity index (χ0) is 17.2. The topological polar surface area (TPSA) is 115 Å². The minimum Gasteiger partial charge on any atom is -0.411 e. The van der Waals surface area contributed by atoms with Crippen molar-refractivity contribution in [2.75, 3.05) is 17.3 Å². The molecule has 1 aliphatic rings. The van der Waals surface area contributed by atoms with Crippen LogP contribution >= 0.6 is 11.8 Å². The van der Waals surface area contributed by atoms with Gasteiger partial charge in [-0.3, -0.25) is 9.78 Å². The summed E-state index contributed by atoms with van der Waals surface area (Å²) in [6.07, 6.45) is 3.68. The van der Waals surface area contributed by atoms with Crippen molar-refractivity contribution in [2.24, 2.45) is 0 Å². The van der Waals surface area contributed by atoms with Crippen molar-refractivity contribution < 1.29 is 17.6 Å². The smallest absolute Gasteiger partial charge is 0.277 e. The molecule has 128 valence electrons. The van der Waals surface area contributed by atoms with Gasteiger partial charge in [0.2, 0.25) is 11.8 Å². The number of carbonyl (C=O) groups excluding carboxylic acids is 1. The molecule has 0 spiro atoms. The molecule has 1 aliphatic heterocycles. The highest BCUT2D eigenvalue weighted by atomic mass is 32.2. The second-order valence-corrected chi connectivity index (χ2v) is 8.97. The van der Waals surface area contributed by atoms with E-state index in [0.717, 1.165) is 11.8 Å². The van der Waals surface area contributed by atoms with E-state index in [2.05, 4.69) is 20.5 Å². The number of sulfone groups is 1. The Balaban J connectivity index is 1.55. The van der Waals surface area contributed by atoms with Crippen molar-refractivity contribution in [3.8, 4) is 11.5 Å². The third-order valence-corrected chi connectivity index (χ3v) is 6.31. The number of hydrogen-bond acceptors (Lipinski definition) is 8. The molecule has 3 heterocycles. The van der Waals surface area contributed by atoms with Gasteiger partial charge in [0.25, 0.3) is 5.22 Å². The number of amides is 1. The zero-order valence-corrected chi connectivity index (χ0v) is 14.6. The van der Waals surface area contributed by atoms with E-state index in [-0.39, 0.29) is 28.4 Å². The fourth-order valence-corrected chi connectivity index (χ4v) is 5.14. The van der Waals surface area contributed by atoms with Crippen LogP contribution in [-0.2, 0) is 14.6 Å². The van der Waals surface area contributed by atoms with Crippen molar-refractivity contribution in [1.29, 1.82) is 0 Å². The summed E-state index contributed by atoms with van der Waals surface area (Å²) in [4.78, 5) is 16.0. The number of thioether (sulfide) groups is 1. The second kappa shape index (κ2) is 6.52. The molecule has 2 aromatic rings. The van der Waals surface area contributed by atoms with Crippen LogP contribution in [0.4, 0.5) is 0 Å². The fraction of sp³-hybridized carbons (Fsp3) is 0.429. The molecule has 1 fully saturated rings. The van der Waals surface area contributed by atoms with Crippen molar-refractivity contribution in [1.82, 2.24) is 20.5 Å². The lowest BCUT2D eigenvalue weighted by Crippen LogP contribution is -2.47. The molecular weight excluding hydrogens is 352 g/mol. The Bertz CT molecular complexity index is 837. The molecule has 0 aromatic carbocycles. The summed E-state index contributed by atoms with van der Waals surface area (Å²) >= 11 is 1.10. The average molecular weight is 368 g/mol. The van der Waals surface area contributed by atoms with Crippen LogP contribution < -0.4 is 5.32 Å². The third kappa shape index (κ3) is 4.12. The number of nitrogens with zero attached hydrogens (tertiary/aromatic N) is 3. The molecule has 0 unspecified atom stereocenters. The Morgan fingerprint density at radius 1 is 1.46 bits per heavy atom. The first kappa shape index (κ1) is 16.9.